The number of carboxylic acids is 1. The lowest BCUT2D eigenvalue weighted by Crippen LogP contribution is -2.56. The Kier molecular flexibility index (Phi) is 2.04. The zero-order valence-corrected chi connectivity index (χ0v) is 8.37. The van der Waals surface area contributed by atoms with E-state index >= 15 is 0 Å². The number of amides is 1. The van der Waals surface area contributed by atoms with Crippen LogP contribution < -0.4 is 5.73 Å². The molecule has 1 unspecified atom stereocenters. The predicted molar refractivity (Wildman–Crippen MR) is 51.2 cm³/mol. The minimum atomic E-state index is -1.07. The van der Waals surface area contributed by atoms with Gasteiger partial charge in [-0.15, -0.1) is 11.8 Å². The van der Waals surface area contributed by atoms with Crippen LogP contribution in [0.1, 0.15) is 13.3 Å². The van der Waals surface area contributed by atoms with E-state index in [9.17, 15) is 9.59 Å². The summed E-state index contributed by atoms with van der Waals surface area (Å²) in [6, 6.07) is 0. The van der Waals surface area contributed by atoms with Crippen molar-refractivity contribution in [1.29, 1.82) is 0 Å². The first-order valence-electron chi connectivity index (χ1n) is 4.19. The Hall–Kier alpha value is -1.01. The summed E-state index contributed by atoms with van der Waals surface area (Å²) in [4.78, 5) is 23.5. The lowest BCUT2D eigenvalue weighted by molar-refractivity contribution is -0.146. The van der Waals surface area contributed by atoms with Gasteiger partial charge in [0.2, 0.25) is 5.91 Å². The molecule has 2 aliphatic rings. The molecule has 0 aliphatic carbocycles. The number of β-lactam (4-membered cyclic amide) rings is 1. The first kappa shape index (κ1) is 9.54. The van der Waals surface area contributed by atoms with Crippen LogP contribution in [-0.2, 0) is 9.59 Å². The Morgan fingerprint density at radius 3 is 2.86 bits per heavy atom. The van der Waals surface area contributed by atoms with Gasteiger partial charge in [0, 0.05) is 0 Å². The average molecular weight is 214 g/mol. The van der Waals surface area contributed by atoms with Gasteiger partial charge in [0.1, 0.15) is 5.70 Å². The van der Waals surface area contributed by atoms with Crippen LogP contribution >= 0.6 is 11.8 Å². The van der Waals surface area contributed by atoms with E-state index in [1.807, 2.05) is 0 Å². The second-order valence-corrected chi connectivity index (χ2v) is 4.64. The first-order valence-corrected chi connectivity index (χ1v) is 5.14. The molecule has 0 saturated carbocycles. The summed E-state index contributed by atoms with van der Waals surface area (Å²) < 4.78 is 0. The summed E-state index contributed by atoms with van der Waals surface area (Å²) in [5.74, 6) is -1.21. The third-order valence-corrected chi connectivity index (χ3v) is 3.79. The maximum atomic E-state index is 11.2. The molecular formula is C8H10N2O3S. The number of hydrogen-bond acceptors (Lipinski definition) is 4. The molecule has 0 bridgehead atoms. The number of nitrogens with zero attached hydrogens (tertiary/aromatic N) is 1. The molecule has 76 valence electrons. The molecule has 0 aromatic heterocycles. The van der Waals surface area contributed by atoms with Gasteiger partial charge in [0.25, 0.3) is 0 Å². The molecule has 2 heterocycles. The summed E-state index contributed by atoms with van der Waals surface area (Å²) in [5, 5.41) is 8.56. The molecule has 1 fully saturated rings. The van der Waals surface area contributed by atoms with Gasteiger partial charge >= 0.3 is 5.97 Å². The molecule has 0 aromatic carbocycles. The molecule has 3 N–H and O–H groups in total. The number of aliphatic carboxylic acids is 1. The van der Waals surface area contributed by atoms with E-state index in [0.717, 1.165) is 0 Å². The van der Waals surface area contributed by atoms with E-state index in [2.05, 4.69) is 0 Å². The summed E-state index contributed by atoms with van der Waals surface area (Å²) in [5.41, 5.74) is 6.37. The number of thioether (sulfide) groups is 1. The second kappa shape index (κ2) is 2.99. The van der Waals surface area contributed by atoms with Crippen molar-refractivity contribution in [2.75, 3.05) is 0 Å². The zero-order chi connectivity index (χ0) is 10.5. The fraction of sp³-hybridized carbons (Fsp3) is 0.500. The van der Waals surface area contributed by atoms with Crippen molar-refractivity contribution in [3.63, 3.8) is 0 Å². The number of hydrogen-bond donors (Lipinski definition) is 2. The summed E-state index contributed by atoms with van der Waals surface area (Å²) in [7, 11) is 0. The van der Waals surface area contributed by atoms with Crippen LogP contribution in [0, 0.1) is 0 Å². The van der Waals surface area contributed by atoms with E-state index in [-0.39, 0.29) is 22.4 Å². The van der Waals surface area contributed by atoms with Crippen molar-refractivity contribution in [2.24, 2.45) is 5.73 Å². The van der Waals surface area contributed by atoms with Crippen LogP contribution in [0.25, 0.3) is 0 Å². The van der Waals surface area contributed by atoms with E-state index in [1.54, 1.807) is 6.92 Å². The van der Waals surface area contributed by atoms with Gasteiger partial charge in [0.15, 0.2) is 0 Å². The van der Waals surface area contributed by atoms with Crippen LogP contribution in [-0.4, -0.2) is 32.6 Å². The minimum absolute atomic E-state index is 0.0671. The largest absolute Gasteiger partial charge is 0.477 e. The fourth-order valence-corrected chi connectivity index (χ4v) is 2.87. The molecule has 2 rings (SSSR count). The maximum absolute atomic E-state index is 11.2. The summed E-state index contributed by atoms with van der Waals surface area (Å²) >= 11 is 1.43. The lowest BCUT2D eigenvalue weighted by Gasteiger charge is -2.45. The van der Waals surface area contributed by atoms with Gasteiger partial charge in [-0.2, -0.15) is 0 Å². The van der Waals surface area contributed by atoms with E-state index in [0.29, 0.717) is 12.0 Å². The number of carbonyl (C=O) groups is 2. The molecule has 0 spiro atoms. The van der Waals surface area contributed by atoms with Crippen LogP contribution in [0.15, 0.2) is 11.3 Å². The van der Waals surface area contributed by atoms with Gasteiger partial charge < -0.3 is 10.8 Å². The van der Waals surface area contributed by atoms with Gasteiger partial charge in [-0.1, -0.05) is 0 Å². The van der Waals surface area contributed by atoms with Crippen molar-refractivity contribution < 1.29 is 14.7 Å². The Morgan fingerprint density at radius 2 is 2.36 bits per heavy atom. The highest BCUT2D eigenvalue weighted by molar-refractivity contribution is 8.00. The normalized spacial score (nSPS) is 31.3. The van der Waals surface area contributed by atoms with Crippen LogP contribution in [0.4, 0.5) is 0 Å². The average Bonchev–Trinajstić information content (AvgIpc) is 2.09. The van der Waals surface area contributed by atoms with Gasteiger partial charge in [-0.05, 0) is 12.5 Å². The van der Waals surface area contributed by atoms with Crippen LogP contribution in [0.3, 0.4) is 0 Å². The second-order valence-electron chi connectivity index (χ2n) is 3.32. The number of nitrogens with two attached hydrogens (primary N) is 1. The topological polar surface area (TPSA) is 83.6 Å². The molecule has 2 atom stereocenters. The molecule has 6 heteroatoms. The van der Waals surface area contributed by atoms with Crippen molar-refractivity contribution in [3.05, 3.63) is 11.3 Å². The van der Waals surface area contributed by atoms with Crippen molar-refractivity contribution in [1.82, 2.24) is 4.90 Å². The van der Waals surface area contributed by atoms with Crippen molar-refractivity contribution in [3.8, 4) is 0 Å². The monoisotopic (exact) mass is 214 g/mol. The Balaban J connectivity index is 2.42. The fourth-order valence-electron chi connectivity index (χ4n) is 1.63. The minimum Gasteiger partial charge on any atom is -0.477 e. The summed E-state index contributed by atoms with van der Waals surface area (Å²) in [6.07, 6.45) is 0.391. The van der Waals surface area contributed by atoms with Gasteiger partial charge in [0.05, 0.1) is 17.2 Å². The third kappa shape index (κ3) is 1.14. The molecule has 5 nitrogen and oxygen atoms in total. The van der Waals surface area contributed by atoms with Crippen molar-refractivity contribution >= 4 is 23.6 Å². The number of carbonyl (C=O) groups excluding carboxylic acids is 1. The Morgan fingerprint density at radius 1 is 1.71 bits per heavy atom. The van der Waals surface area contributed by atoms with Gasteiger partial charge in [-0.25, -0.2) is 4.79 Å². The Bertz CT molecular complexity index is 352. The smallest absolute Gasteiger partial charge is 0.352 e. The van der Waals surface area contributed by atoms with E-state index in [1.165, 1.54) is 16.7 Å². The quantitative estimate of drug-likeness (QED) is 0.597. The Labute approximate surface area is 84.9 Å². The molecule has 1 saturated heterocycles. The first-order chi connectivity index (χ1) is 6.52. The number of fused-ring (bicyclic) bond motifs is 1. The number of carboxylic acid groups (broad SMARTS) is 1. The molecular weight excluding hydrogens is 204 g/mol. The summed E-state index contributed by atoms with van der Waals surface area (Å²) in [6.45, 7) is 1.66. The highest BCUT2D eigenvalue weighted by Gasteiger charge is 2.46. The third-order valence-electron chi connectivity index (χ3n) is 2.45. The highest BCUT2D eigenvalue weighted by Crippen LogP contribution is 2.41. The van der Waals surface area contributed by atoms with Gasteiger partial charge in [-0.3, -0.25) is 9.69 Å². The maximum Gasteiger partial charge on any atom is 0.352 e. The van der Waals surface area contributed by atoms with E-state index in [4.69, 9.17) is 10.8 Å². The number of rotatable bonds is 1. The van der Waals surface area contributed by atoms with Crippen molar-refractivity contribution in [2.45, 2.75) is 24.1 Å². The predicted octanol–water partition coefficient (Wildman–Crippen LogP) is -0.0650. The lowest BCUT2D eigenvalue weighted by atomic mass is 10.1. The van der Waals surface area contributed by atoms with Crippen LogP contribution in [0.5, 0.6) is 0 Å². The standard InChI is InChI=1S/C8H10N2O3S/c1-3-6(8(12)13)10-4(11)2-5(10)14-7(3)9/h5,7H,2,9H2,1H3,(H,12,13)/t5-,7?/m1/s1. The van der Waals surface area contributed by atoms with Crippen LogP contribution in [0.2, 0.25) is 0 Å². The zero-order valence-electron chi connectivity index (χ0n) is 7.56. The highest BCUT2D eigenvalue weighted by atomic mass is 32.2. The molecule has 14 heavy (non-hydrogen) atoms. The van der Waals surface area contributed by atoms with E-state index < -0.39 is 5.97 Å². The molecule has 0 radical (unpaired) electrons. The molecule has 1 amide bonds. The molecule has 0 aromatic rings. The molecule has 2 aliphatic heterocycles. The SMILES string of the molecule is CC1=C(C(=O)O)N2C(=O)C[C@H]2SC1N.